The van der Waals surface area contributed by atoms with E-state index in [9.17, 15) is 23.3 Å². The van der Waals surface area contributed by atoms with Crippen LogP contribution in [0.2, 0.25) is 0 Å². The summed E-state index contributed by atoms with van der Waals surface area (Å²) >= 11 is 0. The predicted octanol–water partition coefficient (Wildman–Crippen LogP) is 1.05. The zero-order valence-electron chi connectivity index (χ0n) is 7.34. The summed E-state index contributed by atoms with van der Waals surface area (Å²) in [4.78, 5) is 16.0. The van der Waals surface area contributed by atoms with Gasteiger partial charge in [-0.2, -0.15) is 22.7 Å². The van der Waals surface area contributed by atoms with Crippen molar-refractivity contribution in [3.8, 4) is 0 Å². The second-order valence-corrected chi connectivity index (χ2v) is 2.75. The van der Waals surface area contributed by atoms with Crippen molar-refractivity contribution in [2.75, 3.05) is 0 Å². The molecule has 0 saturated heterocycles. The van der Waals surface area contributed by atoms with Gasteiger partial charge in [-0.1, -0.05) is 0 Å². The van der Waals surface area contributed by atoms with Crippen molar-refractivity contribution < 1.29 is 18.1 Å². The lowest BCUT2D eigenvalue weighted by Gasteiger charge is -1.96. The van der Waals surface area contributed by atoms with Crippen LogP contribution < -0.4 is 0 Å². The standard InChI is InChI=1S/C6H2F3N5O2/c7-6(8,9)4-11-5-10-1-3(14(15)16)2-13(5)12-4/h1-2H. The van der Waals surface area contributed by atoms with Crippen LogP contribution in [0.3, 0.4) is 0 Å². The van der Waals surface area contributed by atoms with Crippen LogP contribution in [0.15, 0.2) is 12.4 Å². The smallest absolute Gasteiger partial charge is 0.258 e. The van der Waals surface area contributed by atoms with Crippen molar-refractivity contribution in [2.24, 2.45) is 0 Å². The number of rotatable bonds is 1. The van der Waals surface area contributed by atoms with Crippen LogP contribution in [0.5, 0.6) is 0 Å². The molecule has 2 rings (SSSR count). The van der Waals surface area contributed by atoms with Gasteiger partial charge < -0.3 is 0 Å². The summed E-state index contributed by atoms with van der Waals surface area (Å²) in [6, 6.07) is 0. The molecule has 0 aromatic carbocycles. The third kappa shape index (κ3) is 1.64. The Bertz CT molecular complexity index is 563. The van der Waals surface area contributed by atoms with Gasteiger partial charge in [0.05, 0.1) is 4.92 Å². The van der Waals surface area contributed by atoms with E-state index < -0.39 is 22.6 Å². The molecule has 16 heavy (non-hydrogen) atoms. The van der Waals surface area contributed by atoms with Crippen molar-refractivity contribution in [1.29, 1.82) is 0 Å². The minimum absolute atomic E-state index is 0.349. The number of alkyl halides is 3. The van der Waals surface area contributed by atoms with Crippen LogP contribution in [0, 0.1) is 10.1 Å². The average molecular weight is 233 g/mol. The number of halogens is 3. The fraction of sp³-hybridized carbons (Fsp3) is 0.167. The van der Waals surface area contributed by atoms with Crippen molar-refractivity contribution >= 4 is 11.5 Å². The number of fused-ring (bicyclic) bond motifs is 1. The zero-order valence-corrected chi connectivity index (χ0v) is 7.34. The Morgan fingerprint density at radius 3 is 2.69 bits per heavy atom. The van der Waals surface area contributed by atoms with E-state index in [-0.39, 0.29) is 5.78 Å². The summed E-state index contributed by atoms with van der Waals surface area (Å²) in [5.41, 5.74) is -0.467. The van der Waals surface area contributed by atoms with Crippen LogP contribution in [-0.2, 0) is 6.18 Å². The predicted molar refractivity (Wildman–Crippen MR) is 42.4 cm³/mol. The first-order valence-corrected chi connectivity index (χ1v) is 3.82. The number of hydrogen-bond donors (Lipinski definition) is 0. The lowest BCUT2D eigenvalue weighted by atomic mass is 10.6. The minimum Gasteiger partial charge on any atom is -0.258 e. The molecule has 7 nitrogen and oxygen atoms in total. The van der Waals surface area contributed by atoms with Gasteiger partial charge in [0.25, 0.3) is 11.6 Å². The second-order valence-electron chi connectivity index (χ2n) is 2.75. The van der Waals surface area contributed by atoms with Gasteiger partial charge in [0, 0.05) is 0 Å². The molecule has 0 amide bonds. The molecule has 2 aromatic rings. The number of nitro groups is 1. The van der Waals surface area contributed by atoms with E-state index in [4.69, 9.17) is 0 Å². The first-order chi connectivity index (χ1) is 7.38. The number of hydrogen-bond acceptors (Lipinski definition) is 5. The van der Waals surface area contributed by atoms with Crippen LogP contribution in [0.25, 0.3) is 5.78 Å². The molecule has 0 spiro atoms. The molecule has 0 unspecified atom stereocenters. The fourth-order valence-electron chi connectivity index (χ4n) is 0.987. The van der Waals surface area contributed by atoms with E-state index in [1.807, 2.05) is 0 Å². The van der Waals surface area contributed by atoms with Crippen molar-refractivity contribution in [3.05, 3.63) is 28.3 Å². The molecule has 10 heteroatoms. The molecule has 0 radical (unpaired) electrons. The highest BCUT2D eigenvalue weighted by Gasteiger charge is 2.36. The highest BCUT2D eigenvalue weighted by Crippen LogP contribution is 2.26. The highest BCUT2D eigenvalue weighted by molar-refractivity contribution is 5.33. The first-order valence-electron chi connectivity index (χ1n) is 3.82. The molecule has 0 fully saturated rings. The topological polar surface area (TPSA) is 86.2 Å². The molecule has 84 valence electrons. The lowest BCUT2D eigenvalue weighted by molar-refractivity contribution is -0.385. The average Bonchev–Trinajstić information content (AvgIpc) is 2.58. The summed E-state index contributed by atoms with van der Waals surface area (Å²) in [5, 5.41) is 13.4. The van der Waals surface area contributed by atoms with Crippen LogP contribution in [0.1, 0.15) is 5.82 Å². The fourth-order valence-corrected chi connectivity index (χ4v) is 0.987. The number of aromatic nitrogens is 4. The maximum atomic E-state index is 12.2. The summed E-state index contributed by atoms with van der Waals surface area (Å²) in [6.07, 6.45) is -3.09. The van der Waals surface area contributed by atoms with Gasteiger partial charge in [0.15, 0.2) is 0 Å². The largest absolute Gasteiger partial charge is 0.453 e. The molecule has 2 heterocycles. The molecular weight excluding hydrogens is 231 g/mol. The quantitative estimate of drug-likeness (QED) is 0.542. The van der Waals surface area contributed by atoms with Crippen molar-refractivity contribution in [2.45, 2.75) is 6.18 Å². The van der Waals surface area contributed by atoms with E-state index >= 15 is 0 Å². The van der Waals surface area contributed by atoms with E-state index in [1.165, 1.54) is 0 Å². The van der Waals surface area contributed by atoms with Crippen LogP contribution in [-0.4, -0.2) is 24.5 Å². The van der Waals surface area contributed by atoms with Crippen LogP contribution in [0.4, 0.5) is 18.9 Å². The molecule has 0 aliphatic heterocycles. The minimum atomic E-state index is -4.71. The van der Waals surface area contributed by atoms with Crippen LogP contribution >= 0.6 is 0 Å². The van der Waals surface area contributed by atoms with Crippen molar-refractivity contribution in [3.63, 3.8) is 0 Å². The molecule has 0 aliphatic carbocycles. The Morgan fingerprint density at radius 2 is 2.12 bits per heavy atom. The van der Waals surface area contributed by atoms with Crippen molar-refractivity contribution in [1.82, 2.24) is 19.6 Å². The molecule has 0 saturated carbocycles. The van der Waals surface area contributed by atoms with E-state index in [0.29, 0.717) is 4.52 Å². The molecule has 0 aliphatic rings. The van der Waals surface area contributed by atoms with E-state index in [0.717, 1.165) is 12.4 Å². The summed E-state index contributed by atoms with van der Waals surface area (Å²) < 4.78 is 37.2. The Balaban J connectivity index is 2.59. The Labute approximate surface area is 84.7 Å². The van der Waals surface area contributed by atoms with Gasteiger partial charge in [-0.3, -0.25) is 10.1 Å². The molecule has 0 bridgehead atoms. The lowest BCUT2D eigenvalue weighted by Crippen LogP contribution is -2.07. The Morgan fingerprint density at radius 1 is 1.44 bits per heavy atom. The SMILES string of the molecule is O=[N+]([O-])c1cnc2nc(C(F)(F)F)nn2c1. The molecular formula is C6H2F3N5O2. The monoisotopic (exact) mass is 233 g/mol. The number of nitrogens with zero attached hydrogens (tertiary/aromatic N) is 5. The van der Waals surface area contributed by atoms with Gasteiger partial charge in [0.1, 0.15) is 12.4 Å². The van der Waals surface area contributed by atoms with Gasteiger partial charge >= 0.3 is 11.9 Å². The van der Waals surface area contributed by atoms with E-state index in [2.05, 4.69) is 15.1 Å². The third-order valence-corrected chi connectivity index (χ3v) is 1.64. The van der Waals surface area contributed by atoms with Gasteiger partial charge in [0.2, 0.25) is 0 Å². The normalized spacial score (nSPS) is 11.9. The maximum Gasteiger partial charge on any atom is 0.453 e. The Kier molecular flexibility index (Phi) is 2.00. The van der Waals surface area contributed by atoms with Gasteiger partial charge in [-0.05, 0) is 0 Å². The summed E-state index contributed by atoms with van der Waals surface area (Å²) in [7, 11) is 0. The molecule has 2 aromatic heterocycles. The summed E-state index contributed by atoms with van der Waals surface area (Å²) in [5.74, 6) is -1.74. The first kappa shape index (κ1) is 10.3. The molecule has 0 atom stereocenters. The third-order valence-electron chi connectivity index (χ3n) is 1.64. The van der Waals surface area contributed by atoms with Gasteiger partial charge in [-0.15, -0.1) is 5.10 Å². The van der Waals surface area contributed by atoms with Gasteiger partial charge in [-0.25, -0.2) is 4.98 Å². The summed E-state index contributed by atoms with van der Waals surface area (Å²) in [6.45, 7) is 0. The maximum absolute atomic E-state index is 12.2. The molecule has 0 N–H and O–H groups in total. The zero-order chi connectivity index (χ0) is 11.9. The second kappa shape index (κ2) is 3.12. The highest BCUT2D eigenvalue weighted by atomic mass is 19.4. The Hall–Kier alpha value is -2.26. The van der Waals surface area contributed by atoms with E-state index in [1.54, 1.807) is 0 Å².